The van der Waals surface area contributed by atoms with E-state index in [0.717, 1.165) is 23.4 Å². The molecule has 0 spiro atoms. The number of para-hydroxylation sites is 2. The number of aromatic amines is 1. The van der Waals surface area contributed by atoms with Crippen molar-refractivity contribution < 1.29 is 0 Å². The summed E-state index contributed by atoms with van der Waals surface area (Å²) < 4.78 is 0. The SMILES string of the molecule is c1ccc2[nH]c(CNC3CCCc4sccc43)nc2c1. The van der Waals surface area contributed by atoms with Gasteiger partial charge in [0.1, 0.15) is 5.82 Å². The largest absolute Gasteiger partial charge is 0.341 e. The van der Waals surface area contributed by atoms with Gasteiger partial charge in [0.2, 0.25) is 0 Å². The predicted octanol–water partition coefficient (Wildman–Crippen LogP) is 3.79. The minimum atomic E-state index is 0.484. The zero-order valence-corrected chi connectivity index (χ0v) is 12.0. The second-order valence-electron chi connectivity index (χ2n) is 5.33. The molecule has 0 amide bonds. The molecule has 0 radical (unpaired) electrons. The van der Waals surface area contributed by atoms with E-state index in [2.05, 4.69) is 32.8 Å². The molecule has 3 aromatic rings. The Kier molecular flexibility index (Phi) is 3.05. The fraction of sp³-hybridized carbons (Fsp3) is 0.312. The molecule has 4 heteroatoms. The summed E-state index contributed by atoms with van der Waals surface area (Å²) in [6, 6.07) is 10.9. The molecule has 2 N–H and O–H groups in total. The zero-order valence-electron chi connectivity index (χ0n) is 11.2. The molecule has 1 atom stereocenters. The molecule has 1 aliphatic rings. The first-order valence-electron chi connectivity index (χ1n) is 7.13. The number of nitrogens with one attached hydrogen (secondary N) is 2. The molecule has 3 nitrogen and oxygen atoms in total. The van der Waals surface area contributed by atoms with Crippen LogP contribution in [-0.4, -0.2) is 9.97 Å². The maximum absolute atomic E-state index is 4.63. The van der Waals surface area contributed by atoms with Crippen LogP contribution >= 0.6 is 11.3 Å². The third kappa shape index (κ3) is 2.15. The van der Waals surface area contributed by atoms with Crippen LogP contribution in [0.2, 0.25) is 0 Å². The number of thiophene rings is 1. The van der Waals surface area contributed by atoms with E-state index in [1.165, 1.54) is 24.8 Å². The molecule has 1 unspecified atom stereocenters. The highest BCUT2D eigenvalue weighted by molar-refractivity contribution is 7.10. The minimum absolute atomic E-state index is 0.484. The van der Waals surface area contributed by atoms with Gasteiger partial charge >= 0.3 is 0 Å². The van der Waals surface area contributed by atoms with Crippen LogP contribution in [-0.2, 0) is 13.0 Å². The van der Waals surface area contributed by atoms with Crippen molar-refractivity contribution in [3.8, 4) is 0 Å². The molecule has 0 saturated heterocycles. The van der Waals surface area contributed by atoms with Crippen molar-refractivity contribution in [2.75, 3.05) is 0 Å². The highest BCUT2D eigenvalue weighted by atomic mass is 32.1. The molecule has 0 fully saturated rings. The Morgan fingerprint density at radius 2 is 2.25 bits per heavy atom. The van der Waals surface area contributed by atoms with E-state index in [-0.39, 0.29) is 0 Å². The third-order valence-corrected chi connectivity index (χ3v) is 5.00. The molecule has 20 heavy (non-hydrogen) atoms. The van der Waals surface area contributed by atoms with E-state index in [9.17, 15) is 0 Å². The Hall–Kier alpha value is -1.65. The molecule has 1 aliphatic carbocycles. The fourth-order valence-corrected chi connectivity index (χ4v) is 4.00. The first-order valence-corrected chi connectivity index (χ1v) is 8.01. The van der Waals surface area contributed by atoms with Crippen LogP contribution in [0.4, 0.5) is 0 Å². The van der Waals surface area contributed by atoms with Gasteiger partial charge in [-0.2, -0.15) is 0 Å². The van der Waals surface area contributed by atoms with E-state index >= 15 is 0 Å². The number of rotatable bonds is 3. The lowest BCUT2D eigenvalue weighted by Crippen LogP contribution is -2.24. The highest BCUT2D eigenvalue weighted by Gasteiger charge is 2.20. The van der Waals surface area contributed by atoms with Gasteiger partial charge in [0.15, 0.2) is 0 Å². The second kappa shape index (κ2) is 5.04. The van der Waals surface area contributed by atoms with Gasteiger partial charge in [0, 0.05) is 10.9 Å². The van der Waals surface area contributed by atoms with E-state index in [4.69, 9.17) is 0 Å². The number of aryl methyl sites for hydroxylation is 1. The maximum Gasteiger partial charge on any atom is 0.121 e. The number of benzene rings is 1. The average molecular weight is 283 g/mol. The quantitative estimate of drug-likeness (QED) is 0.767. The summed E-state index contributed by atoms with van der Waals surface area (Å²) in [6.45, 7) is 0.800. The molecule has 2 aromatic heterocycles. The summed E-state index contributed by atoms with van der Waals surface area (Å²) in [6.07, 6.45) is 3.76. The van der Waals surface area contributed by atoms with Crippen molar-refractivity contribution in [3.05, 3.63) is 52.0 Å². The van der Waals surface area contributed by atoms with Crippen LogP contribution in [0.3, 0.4) is 0 Å². The van der Waals surface area contributed by atoms with Crippen molar-refractivity contribution in [1.29, 1.82) is 0 Å². The number of imidazole rings is 1. The standard InChI is InChI=1S/C16H17N3S/c1-2-5-14-13(4-1)18-16(19-14)10-17-12-6-3-7-15-11(12)8-9-20-15/h1-2,4-5,8-9,12,17H,3,6-7,10H2,(H,18,19). The highest BCUT2D eigenvalue weighted by Crippen LogP contribution is 2.33. The van der Waals surface area contributed by atoms with E-state index in [0.29, 0.717) is 6.04 Å². The summed E-state index contributed by atoms with van der Waals surface area (Å²) in [5.41, 5.74) is 3.66. The van der Waals surface area contributed by atoms with Crippen LogP contribution in [0.5, 0.6) is 0 Å². The Bertz CT molecular complexity index is 695. The Morgan fingerprint density at radius 1 is 1.30 bits per heavy atom. The first kappa shape index (κ1) is 12.1. The maximum atomic E-state index is 4.63. The van der Waals surface area contributed by atoms with Crippen molar-refractivity contribution in [3.63, 3.8) is 0 Å². The van der Waals surface area contributed by atoms with Crippen molar-refractivity contribution >= 4 is 22.4 Å². The van der Waals surface area contributed by atoms with Gasteiger partial charge < -0.3 is 10.3 Å². The van der Waals surface area contributed by atoms with E-state index in [1.807, 2.05) is 29.5 Å². The number of hydrogen-bond acceptors (Lipinski definition) is 3. The van der Waals surface area contributed by atoms with Gasteiger partial charge in [-0.15, -0.1) is 11.3 Å². The molecule has 102 valence electrons. The molecule has 0 saturated carbocycles. The number of H-pyrrole nitrogens is 1. The van der Waals surface area contributed by atoms with Gasteiger partial charge in [-0.1, -0.05) is 12.1 Å². The number of hydrogen-bond donors (Lipinski definition) is 2. The first-order chi connectivity index (χ1) is 9.90. The van der Waals surface area contributed by atoms with Crippen LogP contribution in [0.25, 0.3) is 11.0 Å². The summed E-state index contributed by atoms with van der Waals surface area (Å²) in [7, 11) is 0. The lowest BCUT2D eigenvalue weighted by atomic mass is 9.94. The minimum Gasteiger partial charge on any atom is -0.341 e. The molecule has 1 aromatic carbocycles. The normalized spacial score (nSPS) is 18.3. The van der Waals surface area contributed by atoms with Gasteiger partial charge in [-0.25, -0.2) is 4.98 Å². The summed E-state index contributed by atoms with van der Waals surface area (Å²) in [5.74, 6) is 1.02. The van der Waals surface area contributed by atoms with Crippen molar-refractivity contribution in [2.45, 2.75) is 31.8 Å². The molecule has 4 rings (SSSR count). The zero-order chi connectivity index (χ0) is 13.4. The van der Waals surface area contributed by atoms with Crippen LogP contribution < -0.4 is 5.32 Å². The topological polar surface area (TPSA) is 40.7 Å². The van der Waals surface area contributed by atoms with Gasteiger partial charge in [0.25, 0.3) is 0 Å². The van der Waals surface area contributed by atoms with Crippen molar-refractivity contribution in [2.24, 2.45) is 0 Å². The van der Waals surface area contributed by atoms with Gasteiger partial charge in [-0.3, -0.25) is 0 Å². The van der Waals surface area contributed by atoms with E-state index in [1.54, 1.807) is 4.88 Å². The van der Waals surface area contributed by atoms with E-state index < -0.39 is 0 Å². The number of nitrogens with zero attached hydrogens (tertiary/aromatic N) is 1. The average Bonchev–Trinajstić information content (AvgIpc) is 3.11. The Balaban J connectivity index is 1.51. The lowest BCUT2D eigenvalue weighted by Gasteiger charge is -2.23. The van der Waals surface area contributed by atoms with Gasteiger partial charge in [-0.05, 0) is 48.4 Å². The molecular weight excluding hydrogens is 266 g/mol. The van der Waals surface area contributed by atoms with Gasteiger partial charge in [0.05, 0.1) is 17.6 Å². The molecule has 0 aliphatic heterocycles. The predicted molar refractivity (Wildman–Crippen MR) is 82.9 cm³/mol. The molecule has 2 heterocycles. The third-order valence-electron chi connectivity index (χ3n) is 4.01. The molecule has 0 bridgehead atoms. The van der Waals surface area contributed by atoms with Crippen LogP contribution in [0.1, 0.15) is 35.1 Å². The summed E-state index contributed by atoms with van der Waals surface area (Å²) in [4.78, 5) is 9.56. The Morgan fingerprint density at radius 3 is 3.20 bits per heavy atom. The number of aromatic nitrogens is 2. The monoisotopic (exact) mass is 283 g/mol. The summed E-state index contributed by atoms with van der Waals surface area (Å²) in [5, 5.41) is 5.87. The van der Waals surface area contributed by atoms with Crippen molar-refractivity contribution in [1.82, 2.24) is 15.3 Å². The second-order valence-corrected chi connectivity index (χ2v) is 6.33. The lowest BCUT2D eigenvalue weighted by molar-refractivity contribution is 0.458. The smallest absolute Gasteiger partial charge is 0.121 e. The number of fused-ring (bicyclic) bond motifs is 2. The fourth-order valence-electron chi connectivity index (χ4n) is 3.01. The Labute approximate surface area is 122 Å². The van der Waals surface area contributed by atoms with Crippen LogP contribution in [0.15, 0.2) is 35.7 Å². The van der Waals surface area contributed by atoms with Crippen LogP contribution in [0, 0.1) is 0 Å². The summed E-state index contributed by atoms with van der Waals surface area (Å²) >= 11 is 1.89. The molecular formula is C16H17N3S.